The maximum absolute atomic E-state index is 12.5. The second kappa shape index (κ2) is 4.33. The Kier molecular flexibility index (Phi) is 2.77. The third-order valence-electron chi connectivity index (χ3n) is 3.47. The van der Waals surface area contributed by atoms with Crippen LogP contribution < -0.4 is 5.73 Å². The molecule has 0 spiro atoms. The number of hydrogen-bond acceptors (Lipinski definition) is 2. The van der Waals surface area contributed by atoms with Gasteiger partial charge in [0.05, 0.1) is 0 Å². The molecule has 2 aromatic rings. The summed E-state index contributed by atoms with van der Waals surface area (Å²) in [5, 5.41) is 0. The van der Waals surface area contributed by atoms with Gasteiger partial charge in [0.1, 0.15) is 17.3 Å². The highest BCUT2D eigenvalue weighted by Gasteiger charge is 2.28. The Balaban J connectivity index is 2.00. The Morgan fingerprint density at radius 3 is 2.42 bits per heavy atom. The molecule has 1 aliphatic rings. The van der Waals surface area contributed by atoms with Crippen molar-refractivity contribution in [2.75, 3.05) is 5.73 Å². The average molecular weight is 263 g/mol. The lowest BCUT2D eigenvalue weighted by Gasteiger charge is -2.05. The van der Waals surface area contributed by atoms with Crippen LogP contribution in [0.25, 0.3) is 11.3 Å². The van der Waals surface area contributed by atoms with Gasteiger partial charge in [0.25, 0.3) is 6.43 Å². The molecule has 5 heteroatoms. The molecule has 0 radical (unpaired) electrons. The fraction of sp³-hybridized carbons (Fsp3) is 0.357. The molecule has 1 saturated carbocycles. The SMILES string of the molecule is Cc1nc(-c2ccc(C(F)F)cc2)c(N)n1C1CC1. The topological polar surface area (TPSA) is 43.8 Å². The van der Waals surface area contributed by atoms with Gasteiger partial charge >= 0.3 is 0 Å². The third-order valence-corrected chi connectivity index (χ3v) is 3.47. The number of rotatable bonds is 3. The van der Waals surface area contributed by atoms with E-state index in [0.29, 0.717) is 17.6 Å². The molecule has 0 amide bonds. The van der Waals surface area contributed by atoms with Gasteiger partial charge in [-0.15, -0.1) is 0 Å². The summed E-state index contributed by atoms with van der Waals surface area (Å²) in [6, 6.07) is 6.60. The Hall–Kier alpha value is -1.91. The van der Waals surface area contributed by atoms with E-state index >= 15 is 0 Å². The molecule has 100 valence electrons. The van der Waals surface area contributed by atoms with Crippen LogP contribution in [0.3, 0.4) is 0 Å². The van der Waals surface area contributed by atoms with Gasteiger partial charge in [-0.05, 0) is 19.8 Å². The van der Waals surface area contributed by atoms with Crippen molar-refractivity contribution >= 4 is 5.82 Å². The number of benzene rings is 1. The van der Waals surface area contributed by atoms with Crippen LogP contribution in [0, 0.1) is 6.92 Å². The minimum Gasteiger partial charge on any atom is -0.383 e. The number of hydrogen-bond donors (Lipinski definition) is 1. The van der Waals surface area contributed by atoms with Crippen LogP contribution in [0.15, 0.2) is 24.3 Å². The zero-order valence-electron chi connectivity index (χ0n) is 10.6. The van der Waals surface area contributed by atoms with Crippen molar-refractivity contribution in [3.8, 4) is 11.3 Å². The summed E-state index contributed by atoms with van der Waals surface area (Å²) in [5.74, 6) is 1.51. The fourth-order valence-corrected chi connectivity index (χ4v) is 2.35. The van der Waals surface area contributed by atoms with Crippen LogP contribution in [0.1, 0.15) is 36.7 Å². The first kappa shape index (κ1) is 12.1. The van der Waals surface area contributed by atoms with Gasteiger partial charge in [-0.25, -0.2) is 13.8 Å². The summed E-state index contributed by atoms with van der Waals surface area (Å²) < 4.78 is 27.1. The minimum absolute atomic E-state index is 0.0145. The van der Waals surface area contributed by atoms with Crippen LogP contribution in [0.5, 0.6) is 0 Å². The van der Waals surface area contributed by atoms with E-state index in [1.165, 1.54) is 12.1 Å². The number of alkyl halides is 2. The van der Waals surface area contributed by atoms with Gasteiger partial charge < -0.3 is 10.3 Å². The minimum atomic E-state index is -2.45. The molecule has 3 nitrogen and oxygen atoms in total. The van der Waals surface area contributed by atoms with E-state index in [1.54, 1.807) is 12.1 Å². The number of halogens is 2. The van der Waals surface area contributed by atoms with Gasteiger partial charge in [-0.1, -0.05) is 24.3 Å². The van der Waals surface area contributed by atoms with Crippen molar-refractivity contribution in [2.24, 2.45) is 0 Å². The number of aryl methyl sites for hydroxylation is 1. The van der Waals surface area contributed by atoms with Crippen molar-refractivity contribution in [2.45, 2.75) is 32.2 Å². The fourth-order valence-electron chi connectivity index (χ4n) is 2.35. The molecule has 0 aliphatic heterocycles. The van der Waals surface area contributed by atoms with E-state index in [0.717, 1.165) is 24.2 Å². The zero-order valence-corrected chi connectivity index (χ0v) is 10.6. The summed E-state index contributed by atoms with van der Waals surface area (Å²) in [6.07, 6.45) is -0.187. The molecule has 0 saturated heterocycles. The number of nitrogens with two attached hydrogens (primary N) is 1. The average Bonchev–Trinajstić information content (AvgIpc) is 3.16. The van der Waals surface area contributed by atoms with Crippen molar-refractivity contribution < 1.29 is 8.78 Å². The largest absolute Gasteiger partial charge is 0.383 e. The molecule has 1 fully saturated rings. The van der Waals surface area contributed by atoms with E-state index in [9.17, 15) is 8.78 Å². The summed E-state index contributed by atoms with van der Waals surface area (Å²) in [4.78, 5) is 4.47. The molecular weight excluding hydrogens is 248 g/mol. The van der Waals surface area contributed by atoms with E-state index in [1.807, 2.05) is 11.5 Å². The monoisotopic (exact) mass is 263 g/mol. The molecule has 0 bridgehead atoms. The molecule has 2 N–H and O–H groups in total. The van der Waals surface area contributed by atoms with Gasteiger partial charge in [0, 0.05) is 17.2 Å². The van der Waals surface area contributed by atoms with Gasteiger partial charge in [-0.3, -0.25) is 0 Å². The molecule has 1 aromatic heterocycles. The maximum atomic E-state index is 12.5. The van der Waals surface area contributed by atoms with Gasteiger partial charge in [0.2, 0.25) is 0 Å². The molecule has 1 aliphatic carbocycles. The van der Waals surface area contributed by atoms with Crippen LogP contribution >= 0.6 is 0 Å². The number of anilines is 1. The predicted octanol–water partition coefficient (Wildman–Crippen LogP) is 3.71. The van der Waals surface area contributed by atoms with E-state index in [4.69, 9.17) is 5.73 Å². The molecular formula is C14H15F2N3. The molecule has 3 rings (SSSR count). The highest BCUT2D eigenvalue weighted by Crippen LogP contribution is 2.40. The van der Waals surface area contributed by atoms with Crippen molar-refractivity contribution in [1.29, 1.82) is 0 Å². The number of aromatic nitrogens is 2. The zero-order chi connectivity index (χ0) is 13.6. The van der Waals surface area contributed by atoms with E-state index < -0.39 is 6.43 Å². The lowest BCUT2D eigenvalue weighted by atomic mass is 10.1. The number of imidazole rings is 1. The number of nitrogens with zero attached hydrogens (tertiary/aromatic N) is 2. The second-order valence-electron chi connectivity index (χ2n) is 4.92. The Bertz CT molecular complexity index is 598. The van der Waals surface area contributed by atoms with Crippen LogP contribution in [0.2, 0.25) is 0 Å². The van der Waals surface area contributed by atoms with Gasteiger partial charge in [0.15, 0.2) is 0 Å². The summed E-state index contributed by atoms with van der Waals surface area (Å²) >= 11 is 0. The molecule has 1 heterocycles. The van der Waals surface area contributed by atoms with Crippen LogP contribution in [-0.2, 0) is 0 Å². The summed E-state index contributed by atoms with van der Waals surface area (Å²) in [6.45, 7) is 1.92. The first-order chi connectivity index (χ1) is 9.08. The smallest absolute Gasteiger partial charge is 0.263 e. The van der Waals surface area contributed by atoms with Crippen molar-refractivity contribution in [1.82, 2.24) is 9.55 Å². The quantitative estimate of drug-likeness (QED) is 0.917. The highest BCUT2D eigenvalue weighted by atomic mass is 19.3. The van der Waals surface area contributed by atoms with Crippen molar-refractivity contribution in [3.05, 3.63) is 35.7 Å². The predicted molar refractivity (Wildman–Crippen MR) is 70.0 cm³/mol. The summed E-state index contributed by atoms with van der Waals surface area (Å²) in [5.41, 5.74) is 7.61. The first-order valence-electron chi connectivity index (χ1n) is 6.30. The maximum Gasteiger partial charge on any atom is 0.263 e. The van der Waals surface area contributed by atoms with E-state index in [-0.39, 0.29) is 5.56 Å². The molecule has 1 aromatic carbocycles. The standard InChI is InChI=1S/C14H15F2N3/c1-8-18-12(14(17)19(8)11-6-7-11)9-2-4-10(5-3-9)13(15)16/h2-5,11,13H,6-7,17H2,1H3. The first-order valence-corrected chi connectivity index (χ1v) is 6.30. The second-order valence-corrected chi connectivity index (χ2v) is 4.92. The van der Waals surface area contributed by atoms with Crippen LogP contribution in [0.4, 0.5) is 14.6 Å². The van der Waals surface area contributed by atoms with Crippen LogP contribution in [-0.4, -0.2) is 9.55 Å². The molecule has 19 heavy (non-hydrogen) atoms. The number of nitrogen functional groups attached to an aromatic ring is 1. The Labute approximate surface area is 110 Å². The van der Waals surface area contributed by atoms with Crippen molar-refractivity contribution in [3.63, 3.8) is 0 Å². The summed E-state index contributed by atoms with van der Waals surface area (Å²) in [7, 11) is 0. The molecule has 0 unspecified atom stereocenters. The Morgan fingerprint density at radius 2 is 1.89 bits per heavy atom. The van der Waals surface area contributed by atoms with E-state index in [2.05, 4.69) is 4.98 Å². The Morgan fingerprint density at radius 1 is 1.26 bits per heavy atom. The van der Waals surface area contributed by atoms with Gasteiger partial charge in [-0.2, -0.15) is 0 Å². The normalized spacial score (nSPS) is 15.2. The lowest BCUT2D eigenvalue weighted by Crippen LogP contribution is -2.02. The lowest BCUT2D eigenvalue weighted by molar-refractivity contribution is 0.151. The molecule has 0 atom stereocenters. The third kappa shape index (κ3) is 2.09. The highest BCUT2D eigenvalue weighted by molar-refractivity contribution is 5.71.